The van der Waals surface area contributed by atoms with E-state index in [1.165, 1.54) is 0 Å². The Labute approximate surface area is 100 Å². The van der Waals surface area contributed by atoms with Gasteiger partial charge in [0.25, 0.3) is 0 Å². The minimum absolute atomic E-state index is 0.0374. The maximum atomic E-state index is 12.4. The van der Waals surface area contributed by atoms with E-state index in [0.29, 0.717) is 5.92 Å². The minimum Gasteiger partial charge on any atom is -0.309 e. The largest absolute Gasteiger partial charge is 0.309 e. The molecule has 0 bridgehead atoms. The van der Waals surface area contributed by atoms with Gasteiger partial charge in [-0.2, -0.15) is 0 Å². The number of amides is 1. The van der Waals surface area contributed by atoms with Crippen molar-refractivity contribution in [2.24, 2.45) is 5.92 Å². The predicted octanol–water partition coefficient (Wildman–Crippen LogP) is 2.10. The Balaban J connectivity index is 2.23. The topological polar surface area (TPSA) is 32.3 Å². The number of carbonyl (C=O) groups is 1. The van der Waals surface area contributed by atoms with Gasteiger partial charge in [0.1, 0.15) is 0 Å². The highest BCUT2D eigenvalue weighted by Crippen LogP contribution is 2.27. The highest BCUT2D eigenvalue weighted by atomic mass is 32.1. The van der Waals surface area contributed by atoms with Crippen LogP contribution >= 0.6 is 11.3 Å². The van der Waals surface area contributed by atoms with Gasteiger partial charge in [0.2, 0.25) is 5.91 Å². The van der Waals surface area contributed by atoms with Crippen molar-refractivity contribution in [2.45, 2.75) is 25.8 Å². The SMILES string of the molecule is CNC1C(=O)N(c2cccs2)CCCC1C. The van der Waals surface area contributed by atoms with E-state index < -0.39 is 0 Å². The molecule has 1 aromatic rings. The van der Waals surface area contributed by atoms with E-state index in [0.717, 1.165) is 24.4 Å². The maximum Gasteiger partial charge on any atom is 0.244 e. The standard InChI is InChI=1S/C12H18N2OS/c1-9-5-3-7-14(10-6-4-8-16-10)12(15)11(9)13-2/h4,6,8-9,11,13H,3,5,7H2,1-2H3. The lowest BCUT2D eigenvalue weighted by Gasteiger charge is -2.24. The normalized spacial score (nSPS) is 26.9. The predicted molar refractivity (Wildman–Crippen MR) is 67.9 cm³/mol. The Morgan fingerprint density at radius 3 is 3.00 bits per heavy atom. The zero-order valence-corrected chi connectivity index (χ0v) is 10.6. The summed E-state index contributed by atoms with van der Waals surface area (Å²) in [4.78, 5) is 14.3. The number of nitrogens with one attached hydrogen (secondary N) is 1. The maximum absolute atomic E-state index is 12.4. The number of thiophene rings is 1. The molecule has 88 valence electrons. The molecule has 1 saturated heterocycles. The van der Waals surface area contributed by atoms with E-state index in [1.54, 1.807) is 11.3 Å². The molecular formula is C12H18N2OS. The smallest absolute Gasteiger partial charge is 0.244 e. The van der Waals surface area contributed by atoms with Crippen LogP contribution in [-0.4, -0.2) is 25.5 Å². The van der Waals surface area contributed by atoms with Gasteiger partial charge in [-0.15, -0.1) is 11.3 Å². The van der Waals surface area contributed by atoms with Gasteiger partial charge in [0, 0.05) is 6.54 Å². The Hall–Kier alpha value is -0.870. The van der Waals surface area contributed by atoms with E-state index >= 15 is 0 Å². The Morgan fingerprint density at radius 2 is 2.38 bits per heavy atom. The summed E-state index contributed by atoms with van der Waals surface area (Å²) in [5, 5.41) is 6.24. The van der Waals surface area contributed by atoms with Crippen LogP contribution < -0.4 is 10.2 Å². The third-order valence-electron chi connectivity index (χ3n) is 3.23. The van der Waals surface area contributed by atoms with Gasteiger partial charge in [-0.25, -0.2) is 0 Å². The first kappa shape index (κ1) is 11.6. The van der Waals surface area contributed by atoms with Gasteiger partial charge < -0.3 is 10.2 Å². The van der Waals surface area contributed by atoms with Crippen LogP contribution in [0.5, 0.6) is 0 Å². The molecule has 2 unspecified atom stereocenters. The number of rotatable bonds is 2. The van der Waals surface area contributed by atoms with Crippen LogP contribution in [0.4, 0.5) is 5.00 Å². The van der Waals surface area contributed by atoms with Gasteiger partial charge in [-0.3, -0.25) is 4.79 Å². The summed E-state index contributed by atoms with van der Waals surface area (Å²) in [6.07, 6.45) is 2.20. The van der Waals surface area contributed by atoms with Crippen molar-refractivity contribution in [1.29, 1.82) is 0 Å². The summed E-state index contributed by atoms with van der Waals surface area (Å²) in [6, 6.07) is 3.98. The van der Waals surface area contributed by atoms with Crippen molar-refractivity contribution in [3.63, 3.8) is 0 Å². The van der Waals surface area contributed by atoms with Gasteiger partial charge >= 0.3 is 0 Å². The summed E-state index contributed by atoms with van der Waals surface area (Å²) < 4.78 is 0. The first-order valence-electron chi connectivity index (χ1n) is 5.76. The molecular weight excluding hydrogens is 220 g/mol. The van der Waals surface area contributed by atoms with Crippen molar-refractivity contribution in [3.05, 3.63) is 17.5 Å². The van der Waals surface area contributed by atoms with Gasteiger partial charge in [0.05, 0.1) is 11.0 Å². The van der Waals surface area contributed by atoms with E-state index in [-0.39, 0.29) is 11.9 Å². The van der Waals surface area contributed by atoms with Crippen LogP contribution in [0.15, 0.2) is 17.5 Å². The molecule has 1 aromatic heterocycles. The summed E-state index contributed by atoms with van der Waals surface area (Å²) in [6.45, 7) is 3.00. The molecule has 0 spiro atoms. The number of likely N-dealkylation sites (N-methyl/N-ethyl adjacent to an activating group) is 1. The second-order valence-corrected chi connectivity index (χ2v) is 5.25. The van der Waals surface area contributed by atoms with Crippen LogP contribution in [0, 0.1) is 5.92 Å². The molecule has 16 heavy (non-hydrogen) atoms. The van der Waals surface area contributed by atoms with Crippen LogP contribution in [0.1, 0.15) is 19.8 Å². The molecule has 1 aliphatic heterocycles. The zero-order valence-electron chi connectivity index (χ0n) is 9.77. The summed E-state index contributed by atoms with van der Waals surface area (Å²) in [5.41, 5.74) is 0. The molecule has 1 N–H and O–H groups in total. The number of carbonyl (C=O) groups excluding carboxylic acids is 1. The van der Waals surface area contributed by atoms with Crippen molar-refractivity contribution >= 4 is 22.2 Å². The van der Waals surface area contributed by atoms with Crippen molar-refractivity contribution < 1.29 is 4.79 Å². The van der Waals surface area contributed by atoms with E-state index in [2.05, 4.69) is 12.2 Å². The van der Waals surface area contributed by atoms with Crippen molar-refractivity contribution in [3.8, 4) is 0 Å². The average molecular weight is 238 g/mol. The summed E-state index contributed by atoms with van der Waals surface area (Å²) in [7, 11) is 1.87. The number of hydrogen-bond acceptors (Lipinski definition) is 3. The van der Waals surface area contributed by atoms with Crippen LogP contribution in [0.2, 0.25) is 0 Å². The third-order valence-corrected chi connectivity index (χ3v) is 4.12. The summed E-state index contributed by atoms with van der Waals surface area (Å²) >= 11 is 1.63. The number of anilines is 1. The quantitative estimate of drug-likeness (QED) is 0.855. The fraction of sp³-hybridized carbons (Fsp3) is 0.583. The molecule has 0 radical (unpaired) electrons. The fourth-order valence-electron chi connectivity index (χ4n) is 2.31. The Morgan fingerprint density at radius 1 is 1.56 bits per heavy atom. The highest BCUT2D eigenvalue weighted by Gasteiger charge is 2.31. The molecule has 4 heteroatoms. The lowest BCUT2D eigenvalue weighted by molar-refractivity contribution is -0.121. The number of nitrogens with zero attached hydrogens (tertiary/aromatic N) is 1. The molecule has 1 amide bonds. The van der Waals surface area contributed by atoms with E-state index in [1.807, 2.05) is 29.5 Å². The number of hydrogen-bond donors (Lipinski definition) is 1. The third kappa shape index (κ3) is 2.13. The van der Waals surface area contributed by atoms with Crippen molar-refractivity contribution in [2.75, 3.05) is 18.5 Å². The molecule has 0 aliphatic carbocycles. The van der Waals surface area contributed by atoms with Crippen LogP contribution in [0.25, 0.3) is 0 Å². The lowest BCUT2D eigenvalue weighted by atomic mass is 9.98. The van der Waals surface area contributed by atoms with Crippen LogP contribution in [0.3, 0.4) is 0 Å². The molecule has 2 atom stereocenters. The first-order valence-corrected chi connectivity index (χ1v) is 6.64. The minimum atomic E-state index is -0.0374. The van der Waals surface area contributed by atoms with E-state index in [4.69, 9.17) is 0 Å². The van der Waals surface area contributed by atoms with E-state index in [9.17, 15) is 4.79 Å². The Kier molecular flexibility index (Phi) is 3.61. The molecule has 1 aliphatic rings. The van der Waals surface area contributed by atoms with Gasteiger partial charge in [0.15, 0.2) is 0 Å². The van der Waals surface area contributed by atoms with Crippen molar-refractivity contribution in [1.82, 2.24) is 5.32 Å². The zero-order chi connectivity index (χ0) is 11.5. The highest BCUT2D eigenvalue weighted by molar-refractivity contribution is 7.14. The second kappa shape index (κ2) is 4.97. The van der Waals surface area contributed by atoms with Gasteiger partial charge in [-0.1, -0.05) is 6.92 Å². The molecule has 2 rings (SSSR count). The second-order valence-electron chi connectivity index (χ2n) is 4.33. The molecule has 0 saturated carbocycles. The molecule has 3 nitrogen and oxygen atoms in total. The first-order chi connectivity index (χ1) is 7.74. The Bertz CT molecular complexity index is 350. The lowest BCUT2D eigenvalue weighted by Crippen LogP contribution is -2.46. The monoisotopic (exact) mass is 238 g/mol. The average Bonchev–Trinajstić information content (AvgIpc) is 2.74. The molecule has 0 aromatic carbocycles. The van der Waals surface area contributed by atoms with Gasteiger partial charge in [-0.05, 0) is 43.3 Å². The fourth-order valence-corrected chi connectivity index (χ4v) is 3.07. The van der Waals surface area contributed by atoms with Crippen LogP contribution in [-0.2, 0) is 4.79 Å². The molecule has 1 fully saturated rings. The molecule has 2 heterocycles. The summed E-state index contributed by atoms with van der Waals surface area (Å²) in [5.74, 6) is 0.636.